The number of benzene rings is 3. The molecule has 0 aliphatic carbocycles. The smallest absolute Gasteiger partial charge is 0.228 e. The lowest BCUT2D eigenvalue weighted by atomic mass is 10.0. The van der Waals surface area contributed by atoms with E-state index in [1.165, 1.54) is 12.1 Å². The summed E-state index contributed by atoms with van der Waals surface area (Å²) in [7, 11) is -1.41. The third kappa shape index (κ3) is 4.76. The van der Waals surface area contributed by atoms with Crippen molar-refractivity contribution in [2.45, 2.75) is 18.2 Å². The molecule has 0 aliphatic heterocycles. The number of anilines is 1. The summed E-state index contributed by atoms with van der Waals surface area (Å²) < 4.78 is 25.6. The van der Waals surface area contributed by atoms with Gasteiger partial charge in [-0.3, -0.25) is 9.48 Å². The molecule has 0 saturated heterocycles. The van der Waals surface area contributed by atoms with Crippen molar-refractivity contribution in [3.05, 3.63) is 76.4 Å². The van der Waals surface area contributed by atoms with Gasteiger partial charge in [-0.05, 0) is 41.5 Å². The fourth-order valence-corrected chi connectivity index (χ4v) is 5.24. The summed E-state index contributed by atoms with van der Waals surface area (Å²) in [5.41, 5.74) is 3.65. The number of carbonyl (C=O) groups excluding carboxylic acids is 1. The largest absolute Gasteiger partial charge is 0.326 e. The van der Waals surface area contributed by atoms with Crippen LogP contribution in [0.2, 0.25) is 10.0 Å². The Bertz CT molecular complexity index is 1440. The second-order valence-corrected chi connectivity index (χ2v) is 10.7. The van der Waals surface area contributed by atoms with Crippen LogP contribution in [-0.4, -0.2) is 29.9 Å². The van der Waals surface area contributed by atoms with Crippen molar-refractivity contribution >= 4 is 55.5 Å². The number of hydrogen-bond donors (Lipinski definition) is 1. The number of halogens is 2. The van der Waals surface area contributed by atoms with E-state index in [0.29, 0.717) is 26.9 Å². The summed E-state index contributed by atoms with van der Waals surface area (Å²) in [4.78, 5) is 12.8. The van der Waals surface area contributed by atoms with Crippen LogP contribution < -0.4 is 5.32 Å². The Kier molecular flexibility index (Phi) is 6.47. The SMILES string of the molecule is CCS(=O)(=O)c1ccc(CC(=O)Nc2cc(Cl)c(-c3cccc4c3cnn4C)c(Cl)c2)cc1. The molecule has 0 radical (unpaired) electrons. The maximum atomic E-state index is 12.5. The average Bonchev–Trinajstić information content (AvgIpc) is 3.15. The van der Waals surface area contributed by atoms with Gasteiger partial charge < -0.3 is 5.32 Å². The lowest BCUT2D eigenvalue weighted by Crippen LogP contribution is -2.14. The molecular formula is C24H21Cl2N3O3S. The molecule has 0 atom stereocenters. The van der Waals surface area contributed by atoms with E-state index in [1.807, 2.05) is 25.2 Å². The molecule has 6 nitrogen and oxygen atoms in total. The maximum absolute atomic E-state index is 12.5. The normalized spacial score (nSPS) is 11.6. The van der Waals surface area contributed by atoms with E-state index in [2.05, 4.69) is 10.4 Å². The van der Waals surface area contributed by atoms with Gasteiger partial charge in [0.25, 0.3) is 0 Å². The number of amides is 1. The molecule has 3 aromatic carbocycles. The van der Waals surface area contributed by atoms with Crippen molar-refractivity contribution in [2.75, 3.05) is 11.1 Å². The summed E-state index contributed by atoms with van der Waals surface area (Å²) in [5, 5.41) is 8.84. The van der Waals surface area contributed by atoms with Gasteiger partial charge in [-0.1, -0.05) is 54.4 Å². The number of aryl methyl sites for hydroxylation is 1. The van der Waals surface area contributed by atoms with Gasteiger partial charge in [0, 0.05) is 23.7 Å². The molecule has 0 spiro atoms. The first kappa shape index (κ1) is 23.3. The predicted molar refractivity (Wildman–Crippen MR) is 133 cm³/mol. The Labute approximate surface area is 202 Å². The fraction of sp³-hybridized carbons (Fsp3) is 0.167. The molecule has 4 aromatic rings. The van der Waals surface area contributed by atoms with Crippen LogP contribution in [0, 0.1) is 0 Å². The van der Waals surface area contributed by atoms with Crippen LogP contribution in [0.5, 0.6) is 0 Å². The molecule has 9 heteroatoms. The summed E-state index contributed by atoms with van der Waals surface area (Å²) >= 11 is 13.1. The van der Waals surface area contributed by atoms with E-state index in [9.17, 15) is 13.2 Å². The number of nitrogens with zero attached hydrogens (tertiary/aromatic N) is 2. The van der Waals surface area contributed by atoms with Crippen molar-refractivity contribution in [2.24, 2.45) is 7.05 Å². The van der Waals surface area contributed by atoms with Crippen molar-refractivity contribution in [1.29, 1.82) is 0 Å². The molecule has 0 bridgehead atoms. The van der Waals surface area contributed by atoms with Gasteiger partial charge in [0.1, 0.15) is 0 Å². The van der Waals surface area contributed by atoms with Crippen LogP contribution in [0.1, 0.15) is 12.5 Å². The van der Waals surface area contributed by atoms with Gasteiger partial charge in [-0.2, -0.15) is 5.10 Å². The first-order valence-corrected chi connectivity index (χ1v) is 12.6. The molecule has 0 saturated carbocycles. The highest BCUT2D eigenvalue weighted by Gasteiger charge is 2.16. The summed E-state index contributed by atoms with van der Waals surface area (Å²) in [6.07, 6.45) is 1.85. The molecule has 0 unspecified atom stereocenters. The minimum absolute atomic E-state index is 0.0274. The first-order chi connectivity index (χ1) is 15.7. The zero-order chi connectivity index (χ0) is 23.8. The number of rotatable bonds is 6. The van der Waals surface area contributed by atoms with E-state index >= 15 is 0 Å². The molecule has 1 aromatic heterocycles. The number of fused-ring (bicyclic) bond motifs is 1. The second kappa shape index (κ2) is 9.17. The molecule has 33 heavy (non-hydrogen) atoms. The molecule has 1 heterocycles. The van der Waals surface area contributed by atoms with E-state index in [4.69, 9.17) is 23.2 Å². The minimum atomic E-state index is -3.28. The Hall–Kier alpha value is -2.87. The molecule has 1 amide bonds. The van der Waals surface area contributed by atoms with E-state index < -0.39 is 9.84 Å². The highest BCUT2D eigenvalue weighted by atomic mass is 35.5. The summed E-state index contributed by atoms with van der Waals surface area (Å²) in [6, 6.07) is 15.4. The molecule has 0 aliphatic rings. The van der Waals surface area contributed by atoms with E-state index in [-0.39, 0.29) is 23.0 Å². The maximum Gasteiger partial charge on any atom is 0.228 e. The van der Waals surface area contributed by atoms with E-state index in [1.54, 1.807) is 42.1 Å². The quantitative estimate of drug-likeness (QED) is 0.377. The van der Waals surface area contributed by atoms with Crippen LogP contribution >= 0.6 is 23.2 Å². The molecular weight excluding hydrogens is 481 g/mol. The van der Waals surface area contributed by atoms with Crippen molar-refractivity contribution in [3.63, 3.8) is 0 Å². The lowest BCUT2D eigenvalue weighted by molar-refractivity contribution is -0.115. The van der Waals surface area contributed by atoms with Gasteiger partial charge in [-0.15, -0.1) is 0 Å². The molecule has 0 fully saturated rings. The fourth-order valence-electron chi connectivity index (χ4n) is 3.67. The zero-order valence-corrected chi connectivity index (χ0v) is 20.3. The Balaban J connectivity index is 1.54. The first-order valence-electron chi connectivity index (χ1n) is 10.2. The van der Waals surface area contributed by atoms with Crippen LogP contribution in [0.3, 0.4) is 0 Å². The topological polar surface area (TPSA) is 81.1 Å². The van der Waals surface area contributed by atoms with Crippen LogP contribution in [0.25, 0.3) is 22.0 Å². The standard InChI is InChI=1S/C24H21Cl2N3O3S/c1-3-33(31,32)17-9-7-15(8-10-17)11-23(30)28-16-12-20(25)24(21(26)13-16)18-5-4-6-22-19(18)14-27-29(22)2/h4-10,12-14H,3,11H2,1-2H3,(H,28,30). The third-order valence-electron chi connectivity index (χ3n) is 5.41. The third-order valence-corrected chi connectivity index (χ3v) is 7.76. The lowest BCUT2D eigenvalue weighted by Gasteiger charge is -2.12. The minimum Gasteiger partial charge on any atom is -0.326 e. The van der Waals surface area contributed by atoms with Crippen LogP contribution in [-0.2, 0) is 28.1 Å². The zero-order valence-electron chi connectivity index (χ0n) is 18.0. The van der Waals surface area contributed by atoms with Gasteiger partial charge in [0.05, 0.1) is 38.8 Å². The van der Waals surface area contributed by atoms with Gasteiger partial charge in [-0.25, -0.2) is 8.42 Å². The van der Waals surface area contributed by atoms with Crippen LogP contribution in [0.15, 0.2) is 65.7 Å². The van der Waals surface area contributed by atoms with Crippen molar-refractivity contribution in [1.82, 2.24) is 9.78 Å². The molecule has 4 rings (SSSR count). The van der Waals surface area contributed by atoms with Crippen LogP contribution in [0.4, 0.5) is 5.69 Å². The summed E-state index contributed by atoms with van der Waals surface area (Å²) in [6.45, 7) is 1.59. The summed E-state index contributed by atoms with van der Waals surface area (Å²) in [5.74, 6) is -0.241. The Morgan fingerprint density at radius 2 is 1.73 bits per heavy atom. The molecule has 170 valence electrons. The number of nitrogens with one attached hydrogen (secondary N) is 1. The number of sulfone groups is 1. The second-order valence-electron chi connectivity index (χ2n) is 7.59. The number of hydrogen-bond acceptors (Lipinski definition) is 4. The van der Waals surface area contributed by atoms with Gasteiger partial charge in [0.2, 0.25) is 5.91 Å². The Morgan fingerprint density at radius 1 is 1.06 bits per heavy atom. The Morgan fingerprint density at radius 3 is 2.36 bits per heavy atom. The monoisotopic (exact) mass is 501 g/mol. The van der Waals surface area contributed by atoms with Gasteiger partial charge in [0.15, 0.2) is 9.84 Å². The van der Waals surface area contributed by atoms with E-state index in [0.717, 1.165) is 16.5 Å². The number of aromatic nitrogens is 2. The highest BCUT2D eigenvalue weighted by molar-refractivity contribution is 7.91. The van der Waals surface area contributed by atoms with Crippen molar-refractivity contribution in [3.8, 4) is 11.1 Å². The molecule has 1 N–H and O–H groups in total. The average molecular weight is 502 g/mol. The number of carbonyl (C=O) groups is 1. The van der Waals surface area contributed by atoms with Gasteiger partial charge >= 0.3 is 0 Å². The predicted octanol–water partition coefficient (Wildman–Crippen LogP) is 5.52. The van der Waals surface area contributed by atoms with Crippen molar-refractivity contribution < 1.29 is 13.2 Å². The highest BCUT2D eigenvalue weighted by Crippen LogP contribution is 2.40.